The minimum atomic E-state index is -0.231. The number of carbonyl (C=O) groups is 1. The van der Waals surface area contributed by atoms with Gasteiger partial charge in [0.2, 0.25) is 0 Å². The van der Waals surface area contributed by atoms with Gasteiger partial charge in [-0.15, -0.1) is 0 Å². The van der Waals surface area contributed by atoms with Crippen LogP contribution in [0.4, 0.5) is 5.69 Å². The minimum Gasteiger partial charge on any atom is -0.321 e. The van der Waals surface area contributed by atoms with Crippen LogP contribution < -0.4 is 5.32 Å². The second kappa shape index (κ2) is 8.99. The van der Waals surface area contributed by atoms with Crippen LogP contribution in [-0.2, 0) is 0 Å². The van der Waals surface area contributed by atoms with Crippen LogP contribution in [0.5, 0.6) is 0 Å². The molecule has 0 saturated carbocycles. The molecule has 1 amide bonds. The van der Waals surface area contributed by atoms with Crippen molar-refractivity contribution in [1.82, 2.24) is 9.78 Å². The summed E-state index contributed by atoms with van der Waals surface area (Å²) < 4.78 is 1.87. The molecule has 0 spiro atoms. The standard InChI is InChI=1S/C30H27N3O/c1-20(2)22-14-16-24(17-15-22)31-30(34)28-19-29(33(32-28)25-11-6-8-21(3)18-25)27-13-7-10-23-9-4-5-12-26(23)27/h4-20H,1-3H3,(H,31,34). The second-order valence-corrected chi connectivity index (χ2v) is 8.92. The molecular formula is C30H27N3O. The number of carbonyl (C=O) groups excluding carboxylic acids is 1. The number of rotatable bonds is 5. The predicted octanol–water partition coefficient (Wildman–Crippen LogP) is 7.38. The van der Waals surface area contributed by atoms with E-state index in [1.54, 1.807) is 0 Å². The molecule has 0 bridgehead atoms. The van der Waals surface area contributed by atoms with Crippen LogP contribution in [0, 0.1) is 6.92 Å². The number of benzene rings is 4. The first kappa shape index (κ1) is 21.7. The van der Waals surface area contributed by atoms with Gasteiger partial charge in [-0.25, -0.2) is 4.68 Å². The lowest BCUT2D eigenvalue weighted by atomic mass is 10.0. The molecule has 0 aliphatic heterocycles. The minimum absolute atomic E-state index is 0.231. The number of amides is 1. The fourth-order valence-electron chi connectivity index (χ4n) is 4.24. The molecule has 5 rings (SSSR count). The Morgan fingerprint density at radius 1 is 0.853 bits per heavy atom. The Kier molecular flexibility index (Phi) is 5.72. The lowest BCUT2D eigenvalue weighted by molar-refractivity contribution is 0.102. The van der Waals surface area contributed by atoms with Gasteiger partial charge in [0.05, 0.1) is 11.4 Å². The van der Waals surface area contributed by atoms with Crippen molar-refractivity contribution in [1.29, 1.82) is 0 Å². The third-order valence-corrected chi connectivity index (χ3v) is 6.09. The van der Waals surface area contributed by atoms with E-state index in [0.29, 0.717) is 11.6 Å². The van der Waals surface area contributed by atoms with Crippen LogP contribution in [-0.4, -0.2) is 15.7 Å². The van der Waals surface area contributed by atoms with Crippen LogP contribution in [0.15, 0.2) is 97.1 Å². The number of nitrogens with zero attached hydrogens (tertiary/aromatic N) is 2. The first-order valence-corrected chi connectivity index (χ1v) is 11.6. The van der Waals surface area contributed by atoms with Crippen molar-refractivity contribution in [2.75, 3.05) is 5.32 Å². The monoisotopic (exact) mass is 445 g/mol. The number of hydrogen-bond donors (Lipinski definition) is 1. The molecule has 0 fully saturated rings. The zero-order valence-electron chi connectivity index (χ0n) is 19.6. The Labute approximate surface area is 199 Å². The van der Waals surface area contributed by atoms with E-state index in [2.05, 4.69) is 62.5 Å². The fraction of sp³-hybridized carbons (Fsp3) is 0.133. The van der Waals surface area contributed by atoms with E-state index in [0.717, 1.165) is 39.0 Å². The molecule has 0 atom stereocenters. The SMILES string of the molecule is Cc1cccc(-n2nc(C(=O)Nc3ccc(C(C)C)cc3)cc2-c2cccc3ccccc23)c1. The van der Waals surface area contributed by atoms with E-state index in [1.165, 1.54) is 5.56 Å². The molecule has 34 heavy (non-hydrogen) atoms. The smallest absolute Gasteiger partial charge is 0.276 e. The summed E-state index contributed by atoms with van der Waals surface area (Å²) in [6, 6.07) is 32.5. The third-order valence-electron chi connectivity index (χ3n) is 6.09. The molecule has 0 radical (unpaired) electrons. The summed E-state index contributed by atoms with van der Waals surface area (Å²) in [6.45, 7) is 6.36. The van der Waals surface area contributed by atoms with Crippen LogP contribution >= 0.6 is 0 Å². The molecule has 4 heteroatoms. The third kappa shape index (κ3) is 4.23. The number of fused-ring (bicyclic) bond motifs is 1. The van der Waals surface area contributed by atoms with E-state index in [4.69, 9.17) is 5.10 Å². The molecule has 1 N–H and O–H groups in total. The van der Waals surface area contributed by atoms with Crippen molar-refractivity contribution in [3.63, 3.8) is 0 Å². The Hall–Kier alpha value is -4.18. The van der Waals surface area contributed by atoms with Gasteiger partial charge in [0.15, 0.2) is 5.69 Å². The maximum absolute atomic E-state index is 13.2. The summed E-state index contributed by atoms with van der Waals surface area (Å²) in [6.07, 6.45) is 0. The van der Waals surface area contributed by atoms with Crippen LogP contribution in [0.1, 0.15) is 41.4 Å². The zero-order chi connectivity index (χ0) is 23.7. The van der Waals surface area contributed by atoms with Gasteiger partial charge in [-0.1, -0.05) is 80.6 Å². The maximum Gasteiger partial charge on any atom is 0.276 e. The molecule has 0 aliphatic rings. The number of nitrogens with one attached hydrogen (secondary N) is 1. The van der Waals surface area contributed by atoms with Crippen LogP contribution in [0.2, 0.25) is 0 Å². The molecule has 0 unspecified atom stereocenters. The van der Waals surface area contributed by atoms with Gasteiger partial charge in [-0.05, 0) is 65.1 Å². The highest BCUT2D eigenvalue weighted by molar-refractivity contribution is 6.04. The Morgan fingerprint density at radius 2 is 1.59 bits per heavy atom. The molecule has 1 aromatic heterocycles. The largest absolute Gasteiger partial charge is 0.321 e. The van der Waals surface area contributed by atoms with E-state index < -0.39 is 0 Å². The van der Waals surface area contributed by atoms with E-state index in [9.17, 15) is 4.79 Å². The van der Waals surface area contributed by atoms with Gasteiger partial charge in [0.1, 0.15) is 0 Å². The number of anilines is 1. The number of aromatic nitrogens is 2. The highest BCUT2D eigenvalue weighted by Crippen LogP contribution is 2.31. The lowest BCUT2D eigenvalue weighted by Crippen LogP contribution is -2.13. The Bertz CT molecular complexity index is 1470. The van der Waals surface area contributed by atoms with Crippen molar-refractivity contribution in [2.45, 2.75) is 26.7 Å². The molecule has 0 aliphatic carbocycles. The summed E-state index contributed by atoms with van der Waals surface area (Å²) in [4.78, 5) is 13.2. The van der Waals surface area contributed by atoms with Crippen LogP contribution in [0.3, 0.4) is 0 Å². The summed E-state index contributed by atoms with van der Waals surface area (Å²) in [5, 5.41) is 10.0. The quantitative estimate of drug-likeness (QED) is 0.307. The van der Waals surface area contributed by atoms with Gasteiger partial charge >= 0.3 is 0 Å². The van der Waals surface area contributed by atoms with E-state index >= 15 is 0 Å². The first-order valence-electron chi connectivity index (χ1n) is 11.6. The van der Waals surface area contributed by atoms with Crippen molar-refractivity contribution < 1.29 is 4.79 Å². The summed E-state index contributed by atoms with van der Waals surface area (Å²) >= 11 is 0. The maximum atomic E-state index is 13.2. The number of aryl methyl sites for hydroxylation is 1. The first-order chi connectivity index (χ1) is 16.5. The van der Waals surface area contributed by atoms with Crippen molar-refractivity contribution in [3.8, 4) is 16.9 Å². The molecule has 5 aromatic rings. The molecule has 4 aromatic carbocycles. The van der Waals surface area contributed by atoms with Crippen molar-refractivity contribution in [2.24, 2.45) is 0 Å². The normalized spacial score (nSPS) is 11.2. The van der Waals surface area contributed by atoms with Gasteiger partial charge in [-0.3, -0.25) is 4.79 Å². The van der Waals surface area contributed by atoms with Gasteiger partial charge in [0.25, 0.3) is 5.91 Å². The van der Waals surface area contributed by atoms with Crippen LogP contribution in [0.25, 0.3) is 27.7 Å². The van der Waals surface area contributed by atoms with Crippen molar-refractivity contribution >= 4 is 22.4 Å². The topological polar surface area (TPSA) is 46.9 Å². The average molecular weight is 446 g/mol. The number of hydrogen-bond acceptors (Lipinski definition) is 2. The van der Waals surface area contributed by atoms with Gasteiger partial charge in [-0.2, -0.15) is 5.10 Å². The summed E-state index contributed by atoms with van der Waals surface area (Å²) in [5.41, 5.74) is 6.33. The lowest BCUT2D eigenvalue weighted by Gasteiger charge is -2.10. The molecule has 168 valence electrons. The summed E-state index contributed by atoms with van der Waals surface area (Å²) in [7, 11) is 0. The van der Waals surface area contributed by atoms with E-state index in [-0.39, 0.29) is 5.91 Å². The summed E-state index contributed by atoms with van der Waals surface area (Å²) in [5.74, 6) is 0.211. The molecular weight excluding hydrogens is 418 g/mol. The fourth-order valence-corrected chi connectivity index (χ4v) is 4.24. The Morgan fingerprint density at radius 3 is 2.35 bits per heavy atom. The molecule has 0 saturated heterocycles. The van der Waals surface area contributed by atoms with E-state index in [1.807, 2.05) is 65.3 Å². The van der Waals surface area contributed by atoms with Crippen molar-refractivity contribution in [3.05, 3.63) is 114 Å². The predicted molar refractivity (Wildman–Crippen MR) is 140 cm³/mol. The Balaban J connectivity index is 1.59. The average Bonchev–Trinajstić information content (AvgIpc) is 3.29. The van der Waals surface area contributed by atoms with Gasteiger partial charge in [0, 0.05) is 11.3 Å². The molecule has 1 heterocycles. The second-order valence-electron chi connectivity index (χ2n) is 8.92. The van der Waals surface area contributed by atoms with Gasteiger partial charge < -0.3 is 5.32 Å². The highest BCUT2D eigenvalue weighted by Gasteiger charge is 2.18. The highest BCUT2D eigenvalue weighted by atomic mass is 16.1. The zero-order valence-corrected chi connectivity index (χ0v) is 19.6. The molecule has 4 nitrogen and oxygen atoms in total.